The van der Waals surface area contributed by atoms with Gasteiger partial charge in [0.25, 0.3) is 0 Å². The van der Waals surface area contributed by atoms with Crippen molar-refractivity contribution in [3.63, 3.8) is 0 Å². The fraction of sp³-hybridized carbons (Fsp3) is 0.286. The van der Waals surface area contributed by atoms with Crippen molar-refractivity contribution in [1.82, 2.24) is 15.0 Å². The first-order valence-corrected chi connectivity index (χ1v) is 3.53. The second-order valence-corrected chi connectivity index (χ2v) is 2.17. The molecule has 64 valence electrons. The van der Waals surface area contributed by atoms with E-state index in [2.05, 4.69) is 10.3 Å². The molecule has 0 saturated carbocycles. The monoisotopic (exact) mass is 167 g/mol. The van der Waals surface area contributed by atoms with Crippen molar-refractivity contribution < 1.29 is 9.90 Å². The summed E-state index contributed by atoms with van der Waals surface area (Å²) in [6.07, 6.45) is 4.12. The van der Waals surface area contributed by atoms with Crippen LogP contribution < -0.4 is 0 Å². The Kier molecular flexibility index (Phi) is 2.57. The van der Waals surface area contributed by atoms with Gasteiger partial charge in [0.1, 0.15) is 5.69 Å². The molecule has 0 bridgehead atoms. The second kappa shape index (κ2) is 3.66. The Hall–Kier alpha value is -1.65. The van der Waals surface area contributed by atoms with Crippen molar-refractivity contribution in [2.24, 2.45) is 0 Å². The lowest BCUT2D eigenvalue weighted by molar-refractivity contribution is -0.131. The third-order valence-electron chi connectivity index (χ3n) is 1.28. The van der Waals surface area contributed by atoms with E-state index in [1.165, 1.54) is 6.08 Å². The maximum Gasteiger partial charge on any atom is 0.328 e. The van der Waals surface area contributed by atoms with E-state index in [0.717, 1.165) is 12.6 Å². The zero-order valence-corrected chi connectivity index (χ0v) is 6.64. The Bertz CT molecular complexity index is 303. The van der Waals surface area contributed by atoms with Crippen molar-refractivity contribution in [2.45, 2.75) is 13.5 Å². The maximum absolute atomic E-state index is 10.1. The molecule has 0 atom stereocenters. The summed E-state index contributed by atoms with van der Waals surface area (Å²) in [6.45, 7) is 2.66. The van der Waals surface area contributed by atoms with Crippen LogP contribution in [-0.4, -0.2) is 26.1 Å². The molecule has 1 heterocycles. The molecule has 0 aromatic carbocycles. The van der Waals surface area contributed by atoms with Crippen molar-refractivity contribution in [3.8, 4) is 0 Å². The summed E-state index contributed by atoms with van der Waals surface area (Å²) in [7, 11) is 0. The van der Waals surface area contributed by atoms with Crippen molar-refractivity contribution in [3.05, 3.63) is 18.0 Å². The molecule has 1 aromatic heterocycles. The molecule has 5 heteroatoms. The number of carboxylic acids is 1. The molecular weight excluding hydrogens is 158 g/mol. The molecule has 1 rings (SSSR count). The van der Waals surface area contributed by atoms with Crippen LogP contribution in [0.15, 0.2) is 12.3 Å². The molecule has 0 aliphatic carbocycles. The fourth-order valence-corrected chi connectivity index (χ4v) is 0.701. The van der Waals surface area contributed by atoms with Crippen LogP contribution >= 0.6 is 0 Å². The molecule has 0 amide bonds. The van der Waals surface area contributed by atoms with Gasteiger partial charge in [0.15, 0.2) is 0 Å². The van der Waals surface area contributed by atoms with Gasteiger partial charge in [0.05, 0.1) is 6.20 Å². The zero-order valence-electron chi connectivity index (χ0n) is 6.64. The van der Waals surface area contributed by atoms with E-state index in [9.17, 15) is 4.79 Å². The number of aromatic nitrogens is 3. The van der Waals surface area contributed by atoms with Crippen LogP contribution in [0, 0.1) is 0 Å². The first kappa shape index (κ1) is 8.45. The van der Waals surface area contributed by atoms with Crippen LogP contribution in [0.2, 0.25) is 0 Å². The van der Waals surface area contributed by atoms with Gasteiger partial charge in [-0.3, -0.25) is 4.68 Å². The number of aryl methyl sites for hydroxylation is 1. The SMILES string of the molecule is CCn1cc(/C=C/C(=O)O)nn1. The maximum atomic E-state index is 10.1. The lowest BCUT2D eigenvalue weighted by Crippen LogP contribution is -1.93. The Labute approximate surface area is 69.3 Å². The number of hydrogen-bond acceptors (Lipinski definition) is 3. The Morgan fingerprint density at radius 2 is 2.58 bits per heavy atom. The number of carboxylic acid groups (broad SMARTS) is 1. The van der Waals surface area contributed by atoms with Gasteiger partial charge < -0.3 is 5.11 Å². The zero-order chi connectivity index (χ0) is 8.97. The minimum atomic E-state index is -0.985. The largest absolute Gasteiger partial charge is 0.478 e. The smallest absolute Gasteiger partial charge is 0.328 e. The van der Waals surface area contributed by atoms with Crippen molar-refractivity contribution in [1.29, 1.82) is 0 Å². The molecule has 0 aliphatic rings. The molecule has 12 heavy (non-hydrogen) atoms. The average molecular weight is 167 g/mol. The highest BCUT2D eigenvalue weighted by Gasteiger charge is 1.94. The number of nitrogens with zero attached hydrogens (tertiary/aromatic N) is 3. The highest BCUT2D eigenvalue weighted by atomic mass is 16.4. The summed E-state index contributed by atoms with van der Waals surface area (Å²) in [5.74, 6) is -0.985. The Morgan fingerprint density at radius 1 is 1.83 bits per heavy atom. The lowest BCUT2D eigenvalue weighted by Gasteiger charge is -1.86. The molecule has 0 unspecified atom stereocenters. The van der Waals surface area contributed by atoms with E-state index in [1.807, 2.05) is 6.92 Å². The Morgan fingerprint density at radius 3 is 3.08 bits per heavy atom. The van der Waals surface area contributed by atoms with E-state index in [-0.39, 0.29) is 0 Å². The first-order chi connectivity index (χ1) is 5.72. The molecule has 0 spiro atoms. The lowest BCUT2D eigenvalue weighted by atomic mass is 10.4. The quantitative estimate of drug-likeness (QED) is 0.661. The van der Waals surface area contributed by atoms with Gasteiger partial charge in [-0.1, -0.05) is 5.21 Å². The van der Waals surface area contributed by atoms with E-state index in [0.29, 0.717) is 5.69 Å². The summed E-state index contributed by atoms with van der Waals surface area (Å²) >= 11 is 0. The normalized spacial score (nSPS) is 10.8. The van der Waals surface area contributed by atoms with Gasteiger partial charge in [-0.15, -0.1) is 5.10 Å². The number of rotatable bonds is 3. The van der Waals surface area contributed by atoms with Gasteiger partial charge in [-0.05, 0) is 13.0 Å². The Balaban J connectivity index is 2.70. The summed E-state index contributed by atoms with van der Waals surface area (Å²) in [6, 6.07) is 0. The van der Waals surface area contributed by atoms with Crippen LogP contribution in [0.1, 0.15) is 12.6 Å². The minimum absolute atomic E-state index is 0.555. The summed E-state index contributed by atoms with van der Waals surface area (Å²) < 4.78 is 1.63. The molecule has 0 radical (unpaired) electrons. The predicted octanol–water partition coefficient (Wildman–Crippen LogP) is 0.396. The first-order valence-electron chi connectivity index (χ1n) is 3.53. The van der Waals surface area contributed by atoms with Gasteiger partial charge >= 0.3 is 5.97 Å². The highest BCUT2D eigenvalue weighted by Crippen LogP contribution is 1.95. The van der Waals surface area contributed by atoms with Gasteiger partial charge in [0.2, 0.25) is 0 Å². The van der Waals surface area contributed by atoms with E-state index in [1.54, 1.807) is 10.9 Å². The van der Waals surface area contributed by atoms with Crippen molar-refractivity contribution >= 4 is 12.0 Å². The topological polar surface area (TPSA) is 68.0 Å². The number of hydrogen-bond donors (Lipinski definition) is 1. The average Bonchev–Trinajstić information content (AvgIpc) is 2.48. The highest BCUT2D eigenvalue weighted by molar-refractivity contribution is 5.84. The standard InChI is InChI=1S/C7H9N3O2/c1-2-10-5-6(8-9-10)3-4-7(11)12/h3-5H,2H2,1H3,(H,11,12)/b4-3+. The second-order valence-electron chi connectivity index (χ2n) is 2.17. The fourth-order valence-electron chi connectivity index (χ4n) is 0.701. The third-order valence-corrected chi connectivity index (χ3v) is 1.28. The van der Waals surface area contributed by atoms with Gasteiger partial charge in [-0.2, -0.15) is 0 Å². The summed E-state index contributed by atoms with van der Waals surface area (Å²) in [5, 5.41) is 15.8. The summed E-state index contributed by atoms with van der Waals surface area (Å²) in [5.41, 5.74) is 0.555. The molecule has 1 aromatic rings. The van der Waals surface area contributed by atoms with Crippen LogP contribution in [0.4, 0.5) is 0 Å². The predicted molar refractivity (Wildman–Crippen MR) is 42.4 cm³/mol. The van der Waals surface area contributed by atoms with Gasteiger partial charge in [-0.25, -0.2) is 4.79 Å². The molecule has 1 N–H and O–H groups in total. The number of carbonyl (C=O) groups is 1. The van der Waals surface area contributed by atoms with Crippen LogP contribution in [0.5, 0.6) is 0 Å². The number of aliphatic carboxylic acids is 1. The van der Waals surface area contributed by atoms with Crippen LogP contribution in [0.25, 0.3) is 6.08 Å². The molecular formula is C7H9N3O2. The molecule has 5 nitrogen and oxygen atoms in total. The minimum Gasteiger partial charge on any atom is -0.478 e. The molecule has 0 aliphatic heterocycles. The van der Waals surface area contributed by atoms with Crippen LogP contribution in [-0.2, 0) is 11.3 Å². The molecule has 0 fully saturated rings. The summed E-state index contributed by atoms with van der Waals surface area (Å²) in [4.78, 5) is 10.1. The molecule has 0 saturated heterocycles. The van der Waals surface area contributed by atoms with E-state index >= 15 is 0 Å². The third kappa shape index (κ3) is 2.19. The van der Waals surface area contributed by atoms with Crippen molar-refractivity contribution in [2.75, 3.05) is 0 Å². The van der Waals surface area contributed by atoms with Crippen LogP contribution in [0.3, 0.4) is 0 Å². The van der Waals surface area contributed by atoms with Gasteiger partial charge in [0, 0.05) is 12.6 Å². The van der Waals surface area contributed by atoms with E-state index in [4.69, 9.17) is 5.11 Å². The van der Waals surface area contributed by atoms with E-state index < -0.39 is 5.97 Å².